The lowest BCUT2D eigenvalue weighted by Crippen LogP contribution is -2.05. The first-order valence-electron chi connectivity index (χ1n) is 5.17. The Hall–Kier alpha value is -1.71. The molecule has 0 bridgehead atoms. The van der Waals surface area contributed by atoms with Crippen molar-refractivity contribution in [2.24, 2.45) is 0 Å². The van der Waals surface area contributed by atoms with E-state index < -0.39 is 11.6 Å². The Kier molecular flexibility index (Phi) is 2.99. The lowest BCUT2D eigenvalue weighted by Gasteiger charge is -2.13. The molecule has 0 spiro atoms. The van der Waals surface area contributed by atoms with Gasteiger partial charge in [-0.1, -0.05) is 19.1 Å². The van der Waals surface area contributed by atoms with Crippen LogP contribution in [0.5, 0.6) is 0 Å². The number of halogens is 2. The van der Waals surface area contributed by atoms with E-state index in [1.165, 1.54) is 6.07 Å². The number of rotatable bonds is 3. The smallest absolute Gasteiger partial charge is 0.162 e. The summed E-state index contributed by atoms with van der Waals surface area (Å²) in [6.07, 6.45) is 3.94. The highest BCUT2D eigenvalue weighted by Crippen LogP contribution is 2.28. The second-order valence-corrected chi connectivity index (χ2v) is 3.58. The predicted molar refractivity (Wildman–Crippen MR) is 57.1 cm³/mol. The molecule has 0 fully saturated rings. The van der Waals surface area contributed by atoms with Crippen LogP contribution in [0.3, 0.4) is 0 Å². The van der Waals surface area contributed by atoms with Gasteiger partial charge in [-0.2, -0.15) is 0 Å². The highest BCUT2D eigenvalue weighted by atomic mass is 19.2. The zero-order chi connectivity index (χ0) is 11.5. The number of nitrogens with zero attached hydrogens (tertiary/aromatic N) is 1. The van der Waals surface area contributed by atoms with Gasteiger partial charge in [-0.25, -0.2) is 13.8 Å². The number of aromatic nitrogens is 2. The molecule has 2 nitrogen and oxygen atoms in total. The summed E-state index contributed by atoms with van der Waals surface area (Å²) in [5.74, 6) is -1.18. The van der Waals surface area contributed by atoms with Gasteiger partial charge in [-0.3, -0.25) is 0 Å². The third kappa shape index (κ3) is 1.83. The van der Waals surface area contributed by atoms with Gasteiger partial charge in [-0.05, 0) is 12.5 Å². The van der Waals surface area contributed by atoms with E-state index >= 15 is 0 Å². The summed E-state index contributed by atoms with van der Waals surface area (Å²) >= 11 is 0. The lowest BCUT2D eigenvalue weighted by atomic mass is 9.95. The Labute approximate surface area is 92.3 Å². The lowest BCUT2D eigenvalue weighted by molar-refractivity contribution is 0.490. The van der Waals surface area contributed by atoms with Crippen molar-refractivity contribution in [3.8, 4) is 0 Å². The average molecular weight is 222 g/mol. The molecule has 1 aromatic heterocycles. The normalized spacial score (nSPS) is 12.7. The fraction of sp³-hybridized carbons (Fsp3) is 0.250. The van der Waals surface area contributed by atoms with Crippen molar-refractivity contribution in [2.75, 3.05) is 0 Å². The maximum Gasteiger partial charge on any atom is 0.162 e. The summed E-state index contributed by atoms with van der Waals surface area (Å²) < 4.78 is 26.7. The van der Waals surface area contributed by atoms with Gasteiger partial charge in [0.05, 0.1) is 0 Å². The number of H-pyrrole nitrogens is 1. The quantitative estimate of drug-likeness (QED) is 0.848. The SMILES string of the molecule is CCC(c1ncc[nH]1)c1cccc(F)c1F. The first kappa shape index (κ1) is 10.8. The number of hydrogen-bond acceptors (Lipinski definition) is 1. The Balaban J connectivity index is 2.45. The van der Waals surface area contributed by atoms with E-state index in [4.69, 9.17) is 0 Å². The van der Waals surface area contributed by atoms with Crippen molar-refractivity contribution in [1.82, 2.24) is 9.97 Å². The molecule has 1 atom stereocenters. The van der Waals surface area contributed by atoms with Gasteiger partial charge in [-0.15, -0.1) is 0 Å². The first-order chi connectivity index (χ1) is 7.74. The first-order valence-corrected chi connectivity index (χ1v) is 5.17. The molecule has 84 valence electrons. The van der Waals surface area contributed by atoms with Gasteiger partial charge >= 0.3 is 0 Å². The average Bonchev–Trinajstić information content (AvgIpc) is 2.79. The highest BCUT2D eigenvalue weighted by Gasteiger charge is 2.19. The molecule has 0 aliphatic rings. The molecule has 0 radical (unpaired) electrons. The maximum atomic E-state index is 13.6. The fourth-order valence-corrected chi connectivity index (χ4v) is 1.82. The van der Waals surface area contributed by atoms with Crippen LogP contribution in [0.15, 0.2) is 30.6 Å². The van der Waals surface area contributed by atoms with Crippen molar-refractivity contribution >= 4 is 0 Å². The summed E-state index contributed by atoms with van der Waals surface area (Å²) in [6.45, 7) is 1.91. The van der Waals surface area contributed by atoms with Crippen molar-refractivity contribution in [2.45, 2.75) is 19.3 Å². The number of aromatic amines is 1. The highest BCUT2D eigenvalue weighted by molar-refractivity contribution is 5.27. The summed E-state index contributed by atoms with van der Waals surface area (Å²) in [6, 6.07) is 4.22. The summed E-state index contributed by atoms with van der Waals surface area (Å²) in [4.78, 5) is 7.02. The molecular weight excluding hydrogens is 210 g/mol. The van der Waals surface area contributed by atoms with Gasteiger partial charge in [0.25, 0.3) is 0 Å². The monoisotopic (exact) mass is 222 g/mol. The third-order valence-corrected chi connectivity index (χ3v) is 2.61. The van der Waals surface area contributed by atoms with Crippen molar-refractivity contribution in [1.29, 1.82) is 0 Å². The van der Waals surface area contributed by atoms with E-state index in [1.807, 2.05) is 6.92 Å². The summed E-state index contributed by atoms with van der Waals surface area (Å²) in [7, 11) is 0. The van der Waals surface area contributed by atoms with Crippen molar-refractivity contribution < 1.29 is 8.78 Å². The van der Waals surface area contributed by atoms with Gasteiger partial charge < -0.3 is 4.98 Å². The third-order valence-electron chi connectivity index (χ3n) is 2.61. The molecule has 0 aliphatic heterocycles. The van der Waals surface area contributed by atoms with E-state index in [9.17, 15) is 8.78 Å². The van der Waals surface area contributed by atoms with Crippen molar-refractivity contribution in [3.63, 3.8) is 0 Å². The van der Waals surface area contributed by atoms with E-state index in [1.54, 1.807) is 18.5 Å². The van der Waals surface area contributed by atoms with Crippen LogP contribution in [0.1, 0.15) is 30.7 Å². The zero-order valence-electron chi connectivity index (χ0n) is 8.87. The largest absolute Gasteiger partial charge is 0.348 e. The van der Waals surface area contributed by atoms with E-state index in [2.05, 4.69) is 9.97 Å². The number of nitrogens with one attached hydrogen (secondary N) is 1. The van der Waals surface area contributed by atoms with Crippen LogP contribution in [0.25, 0.3) is 0 Å². The van der Waals surface area contributed by atoms with E-state index in [0.29, 0.717) is 17.8 Å². The molecule has 4 heteroatoms. The van der Waals surface area contributed by atoms with Crippen LogP contribution < -0.4 is 0 Å². The van der Waals surface area contributed by atoms with Gasteiger partial charge in [0.1, 0.15) is 5.82 Å². The van der Waals surface area contributed by atoms with Crippen LogP contribution in [0.4, 0.5) is 8.78 Å². The summed E-state index contributed by atoms with van der Waals surface area (Å²) in [5, 5.41) is 0. The van der Waals surface area contributed by atoms with Gasteiger partial charge in [0.15, 0.2) is 11.6 Å². The van der Waals surface area contributed by atoms with Crippen LogP contribution in [0, 0.1) is 11.6 Å². The number of hydrogen-bond donors (Lipinski definition) is 1. The van der Waals surface area contributed by atoms with Crippen LogP contribution in [-0.2, 0) is 0 Å². The Morgan fingerprint density at radius 2 is 2.19 bits per heavy atom. The predicted octanol–water partition coefficient (Wildman–Crippen LogP) is 3.23. The molecule has 1 aromatic carbocycles. The molecule has 2 rings (SSSR count). The van der Waals surface area contributed by atoms with E-state index in [-0.39, 0.29) is 5.92 Å². The molecule has 1 N–H and O–H groups in total. The Morgan fingerprint density at radius 3 is 2.81 bits per heavy atom. The molecule has 2 aromatic rings. The Bertz CT molecular complexity index is 466. The second-order valence-electron chi connectivity index (χ2n) is 3.58. The zero-order valence-corrected chi connectivity index (χ0v) is 8.87. The number of benzene rings is 1. The minimum absolute atomic E-state index is 0.231. The molecule has 0 saturated heterocycles. The van der Waals surface area contributed by atoms with Crippen molar-refractivity contribution in [3.05, 3.63) is 53.6 Å². The standard InChI is InChI=1S/C12H12F2N2/c1-2-8(12-15-6-7-16-12)9-4-3-5-10(13)11(9)14/h3-8H,2H2,1H3,(H,15,16). The molecular formula is C12H12F2N2. The maximum absolute atomic E-state index is 13.6. The molecule has 1 heterocycles. The van der Waals surface area contributed by atoms with Crippen LogP contribution in [-0.4, -0.2) is 9.97 Å². The second kappa shape index (κ2) is 4.43. The van der Waals surface area contributed by atoms with Gasteiger partial charge in [0.2, 0.25) is 0 Å². The van der Waals surface area contributed by atoms with E-state index in [0.717, 1.165) is 6.07 Å². The fourth-order valence-electron chi connectivity index (χ4n) is 1.82. The number of imidazole rings is 1. The minimum Gasteiger partial charge on any atom is -0.348 e. The Morgan fingerprint density at radius 1 is 1.38 bits per heavy atom. The topological polar surface area (TPSA) is 28.7 Å². The molecule has 1 unspecified atom stereocenters. The molecule has 0 aliphatic carbocycles. The summed E-state index contributed by atoms with van der Waals surface area (Å²) in [5.41, 5.74) is 0.345. The minimum atomic E-state index is -0.817. The van der Waals surface area contributed by atoms with Crippen LogP contribution in [0.2, 0.25) is 0 Å². The van der Waals surface area contributed by atoms with Gasteiger partial charge in [0, 0.05) is 23.9 Å². The van der Waals surface area contributed by atoms with Crippen LogP contribution >= 0.6 is 0 Å². The molecule has 0 amide bonds. The molecule has 16 heavy (non-hydrogen) atoms. The molecule has 0 saturated carbocycles.